The summed E-state index contributed by atoms with van der Waals surface area (Å²) in [4.78, 5) is 30.1. The Morgan fingerprint density at radius 2 is 1.85 bits per heavy atom. The molecule has 130 valence electrons. The summed E-state index contributed by atoms with van der Waals surface area (Å²) in [5.41, 5.74) is 1.70. The first-order valence-electron chi connectivity index (χ1n) is 7.97. The third kappa shape index (κ3) is 4.64. The van der Waals surface area contributed by atoms with Crippen molar-refractivity contribution in [2.75, 3.05) is 5.32 Å². The minimum absolute atomic E-state index is 0.156. The zero-order valence-corrected chi connectivity index (χ0v) is 14.9. The smallest absolute Gasteiger partial charge is 0.273 e. The maximum atomic E-state index is 12.6. The average molecular weight is 363 g/mol. The fourth-order valence-electron chi connectivity index (χ4n) is 2.19. The van der Waals surface area contributed by atoms with E-state index in [1.54, 1.807) is 42.6 Å². The molecule has 5 nitrogen and oxygen atoms in total. The standard InChI is InChI=1S/C20H17N3O2S/c1-14-7-9-15(10-8-14)19(24)22-17(13-16-5-4-12-26-16)20(25)23-18-6-2-3-11-21-18/h2-13H,1H3,(H,22,24)(H,21,23,25). The Hall–Kier alpha value is -3.25. The number of aromatic nitrogens is 1. The number of carbonyl (C=O) groups excluding carboxylic acids is 2. The number of pyridine rings is 1. The van der Waals surface area contributed by atoms with Crippen molar-refractivity contribution >= 4 is 35.0 Å². The molecule has 2 aromatic heterocycles. The van der Waals surface area contributed by atoms with Crippen molar-refractivity contribution < 1.29 is 9.59 Å². The Bertz CT molecular complexity index is 917. The van der Waals surface area contributed by atoms with Crippen LogP contribution in [0.3, 0.4) is 0 Å². The maximum Gasteiger partial charge on any atom is 0.273 e. The number of hydrogen-bond acceptors (Lipinski definition) is 4. The molecule has 26 heavy (non-hydrogen) atoms. The summed E-state index contributed by atoms with van der Waals surface area (Å²) < 4.78 is 0. The van der Waals surface area contributed by atoms with Crippen LogP contribution in [0, 0.1) is 6.92 Å². The summed E-state index contributed by atoms with van der Waals surface area (Å²) in [5.74, 6) is -0.360. The third-order valence-corrected chi connectivity index (χ3v) is 4.36. The molecule has 0 spiro atoms. The molecule has 2 heterocycles. The van der Waals surface area contributed by atoms with Gasteiger partial charge in [-0.1, -0.05) is 29.8 Å². The van der Waals surface area contributed by atoms with Crippen LogP contribution in [0.1, 0.15) is 20.8 Å². The second-order valence-corrected chi connectivity index (χ2v) is 6.54. The van der Waals surface area contributed by atoms with Crippen LogP contribution >= 0.6 is 11.3 Å². The van der Waals surface area contributed by atoms with Crippen LogP contribution in [0.25, 0.3) is 6.08 Å². The predicted octanol–water partition coefficient (Wildman–Crippen LogP) is 3.86. The molecule has 1 aromatic carbocycles. The Morgan fingerprint density at radius 1 is 1.04 bits per heavy atom. The Balaban J connectivity index is 1.82. The zero-order chi connectivity index (χ0) is 18.4. The van der Waals surface area contributed by atoms with Gasteiger partial charge in [0, 0.05) is 16.6 Å². The van der Waals surface area contributed by atoms with Gasteiger partial charge in [-0.15, -0.1) is 11.3 Å². The number of nitrogens with zero attached hydrogens (tertiary/aromatic N) is 1. The van der Waals surface area contributed by atoms with Crippen LogP contribution in [0.5, 0.6) is 0 Å². The van der Waals surface area contributed by atoms with E-state index < -0.39 is 5.91 Å². The summed E-state index contributed by atoms with van der Waals surface area (Å²) in [6, 6.07) is 16.1. The van der Waals surface area contributed by atoms with E-state index in [0.29, 0.717) is 11.4 Å². The number of anilines is 1. The average Bonchev–Trinajstić information content (AvgIpc) is 3.15. The maximum absolute atomic E-state index is 12.6. The number of benzene rings is 1. The lowest BCUT2D eigenvalue weighted by molar-refractivity contribution is -0.113. The minimum Gasteiger partial charge on any atom is -0.317 e. The Kier molecular flexibility index (Phi) is 5.56. The fourth-order valence-corrected chi connectivity index (χ4v) is 2.85. The highest BCUT2D eigenvalue weighted by Crippen LogP contribution is 2.14. The molecular formula is C20H17N3O2S. The third-order valence-electron chi connectivity index (χ3n) is 3.54. The first-order chi connectivity index (χ1) is 12.6. The van der Waals surface area contributed by atoms with Crippen molar-refractivity contribution in [1.82, 2.24) is 10.3 Å². The summed E-state index contributed by atoms with van der Waals surface area (Å²) in [7, 11) is 0. The van der Waals surface area contributed by atoms with Crippen LogP contribution in [0.2, 0.25) is 0 Å². The van der Waals surface area contributed by atoms with E-state index in [1.165, 1.54) is 11.3 Å². The molecule has 2 N–H and O–H groups in total. The van der Waals surface area contributed by atoms with Gasteiger partial charge in [-0.3, -0.25) is 9.59 Å². The molecule has 0 unspecified atom stereocenters. The van der Waals surface area contributed by atoms with Gasteiger partial charge in [0.05, 0.1) is 0 Å². The molecule has 0 aliphatic carbocycles. The van der Waals surface area contributed by atoms with Crippen molar-refractivity contribution in [2.24, 2.45) is 0 Å². The molecule has 0 fully saturated rings. The van der Waals surface area contributed by atoms with E-state index >= 15 is 0 Å². The van der Waals surface area contributed by atoms with Crippen LogP contribution < -0.4 is 10.6 Å². The molecule has 0 aliphatic heterocycles. The quantitative estimate of drug-likeness (QED) is 0.676. The molecule has 3 aromatic rings. The monoisotopic (exact) mass is 363 g/mol. The van der Waals surface area contributed by atoms with Crippen molar-refractivity contribution in [1.29, 1.82) is 0 Å². The molecule has 3 rings (SSSR count). The second-order valence-electron chi connectivity index (χ2n) is 5.56. The molecule has 0 bridgehead atoms. The van der Waals surface area contributed by atoms with Crippen molar-refractivity contribution in [2.45, 2.75) is 6.92 Å². The number of rotatable bonds is 5. The molecule has 0 atom stereocenters. The number of nitrogens with one attached hydrogen (secondary N) is 2. The molecule has 0 radical (unpaired) electrons. The summed E-state index contributed by atoms with van der Waals surface area (Å²) >= 11 is 1.48. The van der Waals surface area contributed by atoms with E-state index in [2.05, 4.69) is 15.6 Å². The first kappa shape index (κ1) is 17.6. The lowest BCUT2D eigenvalue weighted by Gasteiger charge is -2.10. The van der Waals surface area contributed by atoms with Gasteiger partial charge < -0.3 is 10.6 Å². The van der Waals surface area contributed by atoms with E-state index in [4.69, 9.17) is 0 Å². The van der Waals surface area contributed by atoms with E-state index in [-0.39, 0.29) is 11.6 Å². The zero-order valence-electron chi connectivity index (χ0n) is 14.1. The second kappa shape index (κ2) is 8.22. The van der Waals surface area contributed by atoms with E-state index in [1.807, 2.05) is 36.6 Å². The van der Waals surface area contributed by atoms with Gasteiger partial charge in [0.25, 0.3) is 11.8 Å². The van der Waals surface area contributed by atoms with E-state index in [9.17, 15) is 9.59 Å². The highest BCUT2D eigenvalue weighted by Gasteiger charge is 2.15. The van der Waals surface area contributed by atoms with Crippen molar-refractivity contribution in [3.05, 3.63) is 87.9 Å². The molecule has 0 aliphatic rings. The summed E-state index contributed by atoms with van der Waals surface area (Å²) in [6.07, 6.45) is 3.23. The number of aryl methyl sites for hydroxylation is 1. The summed E-state index contributed by atoms with van der Waals surface area (Å²) in [6.45, 7) is 1.95. The first-order valence-corrected chi connectivity index (χ1v) is 8.85. The normalized spacial score (nSPS) is 11.0. The molecule has 0 saturated heterocycles. The number of carbonyl (C=O) groups is 2. The van der Waals surface area contributed by atoms with Crippen LogP contribution in [0.15, 0.2) is 71.9 Å². The van der Waals surface area contributed by atoms with Gasteiger partial charge in [0.15, 0.2) is 0 Å². The number of amides is 2. The van der Waals surface area contributed by atoms with E-state index in [0.717, 1.165) is 10.4 Å². The topological polar surface area (TPSA) is 71.1 Å². The molecular weight excluding hydrogens is 346 g/mol. The predicted molar refractivity (Wildman–Crippen MR) is 104 cm³/mol. The Labute approximate surface area is 155 Å². The highest BCUT2D eigenvalue weighted by atomic mass is 32.1. The van der Waals surface area contributed by atoms with Gasteiger partial charge in [-0.05, 0) is 48.7 Å². The minimum atomic E-state index is -0.433. The van der Waals surface area contributed by atoms with Crippen LogP contribution in [-0.4, -0.2) is 16.8 Å². The van der Waals surface area contributed by atoms with Crippen molar-refractivity contribution in [3.63, 3.8) is 0 Å². The van der Waals surface area contributed by atoms with Crippen molar-refractivity contribution in [3.8, 4) is 0 Å². The molecule has 6 heteroatoms. The van der Waals surface area contributed by atoms with Gasteiger partial charge in [0.2, 0.25) is 0 Å². The largest absolute Gasteiger partial charge is 0.317 e. The molecule has 0 saturated carbocycles. The number of thiophene rings is 1. The Morgan fingerprint density at radius 3 is 2.50 bits per heavy atom. The van der Waals surface area contributed by atoms with Gasteiger partial charge in [-0.2, -0.15) is 0 Å². The lowest BCUT2D eigenvalue weighted by Crippen LogP contribution is -2.30. The van der Waals surface area contributed by atoms with Crippen LogP contribution in [0.4, 0.5) is 5.82 Å². The van der Waals surface area contributed by atoms with Gasteiger partial charge in [0.1, 0.15) is 11.5 Å². The highest BCUT2D eigenvalue weighted by molar-refractivity contribution is 7.10. The van der Waals surface area contributed by atoms with Gasteiger partial charge >= 0.3 is 0 Å². The molecule has 2 amide bonds. The van der Waals surface area contributed by atoms with Crippen LogP contribution in [-0.2, 0) is 4.79 Å². The lowest BCUT2D eigenvalue weighted by atomic mass is 10.1. The summed E-state index contributed by atoms with van der Waals surface area (Å²) in [5, 5.41) is 7.30. The SMILES string of the molecule is Cc1ccc(C(=O)NC(=Cc2cccs2)C(=O)Nc2ccccn2)cc1. The number of hydrogen-bond donors (Lipinski definition) is 2. The van der Waals surface area contributed by atoms with Gasteiger partial charge in [-0.25, -0.2) is 4.98 Å². The fraction of sp³-hybridized carbons (Fsp3) is 0.0500.